The van der Waals surface area contributed by atoms with Crippen LogP contribution in [0.15, 0.2) is 82.6 Å². The van der Waals surface area contributed by atoms with E-state index in [-0.39, 0.29) is 18.1 Å². The number of anilines is 2. The number of aromatic amines is 1. The summed E-state index contributed by atoms with van der Waals surface area (Å²) in [6, 6.07) is 16.7. The van der Waals surface area contributed by atoms with Crippen LogP contribution in [0, 0.1) is 5.92 Å². The second kappa shape index (κ2) is 10.9. The van der Waals surface area contributed by atoms with Crippen LogP contribution in [0.3, 0.4) is 0 Å². The highest BCUT2D eigenvalue weighted by molar-refractivity contribution is 8.00. The molecule has 3 heterocycles. The van der Waals surface area contributed by atoms with Crippen LogP contribution in [0.2, 0.25) is 0 Å². The van der Waals surface area contributed by atoms with Gasteiger partial charge in [-0.15, -0.1) is 0 Å². The number of thiazole rings is 1. The summed E-state index contributed by atoms with van der Waals surface area (Å²) in [5.41, 5.74) is -0.731. The molecule has 0 aliphatic carbocycles. The molecule has 220 valence electrons. The Balaban J connectivity index is 1.31. The molecule has 0 bridgehead atoms. The summed E-state index contributed by atoms with van der Waals surface area (Å²) >= 11 is 1.81. The molecular formula is C29H20F3N3O6S2. The molecule has 1 aromatic heterocycles. The number of aromatic hydroxyl groups is 1. The number of phenolic OH excluding ortho intramolecular Hbond substituents is 1. The minimum absolute atomic E-state index is 0.0418. The monoisotopic (exact) mass is 627 g/mol. The van der Waals surface area contributed by atoms with E-state index >= 15 is 0 Å². The summed E-state index contributed by atoms with van der Waals surface area (Å²) in [5.74, 6) is -3.75. The Kier molecular flexibility index (Phi) is 7.26. The fourth-order valence-electron chi connectivity index (χ4n) is 5.21. The number of H-pyrrole nitrogens is 1. The van der Waals surface area contributed by atoms with E-state index in [1.807, 2.05) is 0 Å². The highest BCUT2D eigenvalue weighted by Gasteiger charge is 2.57. The van der Waals surface area contributed by atoms with Gasteiger partial charge < -0.3 is 20.1 Å². The van der Waals surface area contributed by atoms with E-state index in [9.17, 15) is 37.5 Å². The van der Waals surface area contributed by atoms with Crippen LogP contribution in [-0.4, -0.2) is 39.7 Å². The zero-order chi connectivity index (χ0) is 30.5. The number of carbonyl (C=O) groups excluding carboxylic acids is 3. The van der Waals surface area contributed by atoms with E-state index in [1.165, 1.54) is 36.4 Å². The van der Waals surface area contributed by atoms with Crippen molar-refractivity contribution in [3.63, 3.8) is 0 Å². The van der Waals surface area contributed by atoms with Gasteiger partial charge in [0.25, 0.3) is 5.91 Å². The van der Waals surface area contributed by atoms with Crippen molar-refractivity contribution in [1.82, 2.24) is 4.98 Å². The van der Waals surface area contributed by atoms with Gasteiger partial charge in [0, 0.05) is 16.5 Å². The van der Waals surface area contributed by atoms with E-state index < -0.39 is 57.1 Å². The van der Waals surface area contributed by atoms with Crippen molar-refractivity contribution in [1.29, 1.82) is 0 Å². The number of hydrogen-bond acceptors (Lipinski definition) is 8. The fourth-order valence-corrected chi connectivity index (χ4v) is 7.73. The molecule has 3 aromatic carbocycles. The lowest BCUT2D eigenvalue weighted by Crippen LogP contribution is -2.33. The first kappa shape index (κ1) is 28.6. The van der Waals surface area contributed by atoms with E-state index in [0.717, 1.165) is 35.2 Å². The molecule has 0 spiro atoms. The standard InChI is InChI=1S/C29H20F3N3O6S2/c30-29(31,32)18-6-1-2-7-19(18)35-26(38)22-21(23-25(34-28(40)43-23)42-24(22)27(35)39)14-4-3-5-17(12-14)41-13-20(37)33-15-8-10-16(36)11-9-15/h1-12,21-22,24,36H,13H2,(H,33,37)(H,34,40)/t21-,22-,24+/m0/s1. The summed E-state index contributed by atoms with van der Waals surface area (Å²) in [4.78, 5) is 55.5. The number of aromatic nitrogens is 1. The van der Waals surface area contributed by atoms with Crippen LogP contribution in [-0.2, 0) is 20.6 Å². The van der Waals surface area contributed by atoms with Gasteiger partial charge in [0.15, 0.2) is 6.61 Å². The lowest BCUT2D eigenvalue weighted by atomic mass is 9.83. The number of nitrogens with zero attached hydrogens (tertiary/aromatic N) is 1. The second-order valence-corrected chi connectivity index (χ2v) is 11.9. The van der Waals surface area contributed by atoms with Crippen molar-refractivity contribution in [3.8, 4) is 11.5 Å². The Morgan fingerprint density at radius 3 is 2.49 bits per heavy atom. The molecule has 3 amide bonds. The van der Waals surface area contributed by atoms with Crippen molar-refractivity contribution >= 4 is 52.2 Å². The van der Waals surface area contributed by atoms with Gasteiger partial charge in [0.2, 0.25) is 11.8 Å². The first-order valence-corrected chi connectivity index (χ1v) is 14.5. The zero-order valence-corrected chi connectivity index (χ0v) is 23.4. The van der Waals surface area contributed by atoms with Crippen LogP contribution in [0.5, 0.6) is 11.5 Å². The van der Waals surface area contributed by atoms with Gasteiger partial charge in [-0.25, -0.2) is 4.90 Å². The van der Waals surface area contributed by atoms with Crippen LogP contribution < -0.4 is 19.8 Å². The molecule has 2 aliphatic rings. The van der Waals surface area contributed by atoms with Crippen LogP contribution in [0.25, 0.3) is 0 Å². The number of hydrogen-bond donors (Lipinski definition) is 3. The molecule has 0 saturated carbocycles. The number of alkyl halides is 3. The number of rotatable bonds is 6. The van der Waals surface area contributed by atoms with Crippen molar-refractivity contribution in [2.45, 2.75) is 22.4 Å². The molecule has 14 heteroatoms. The molecule has 9 nitrogen and oxygen atoms in total. The number of para-hydroxylation sites is 1. The number of carbonyl (C=O) groups is 3. The molecule has 4 aromatic rings. The Morgan fingerprint density at radius 1 is 1.00 bits per heavy atom. The highest BCUT2D eigenvalue weighted by atomic mass is 32.2. The molecule has 0 unspecified atom stereocenters. The number of amides is 3. The van der Waals surface area contributed by atoms with Gasteiger partial charge in [0.05, 0.1) is 22.2 Å². The van der Waals surface area contributed by atoms with Gasteiger partial charge >= 0.3 is 11.0 Å². The van der Waals surface area contributed by atoms with Crippen LogP contribution >= 0.6 is 23.1 Å². The molecule has 6 rings (SSSR count). The lowest BCUT2D eigenvalue weighted by Gasteiger charge is -2.30. The van der Waals surface area contributed by atoms with Crippen LogP contribution in [0.1, 0.15) is 21.9 Å². The van der Waals surface area contributed by atoms with Gasteiger partial charge in [0.1, 0.15) is 16.7 Å². The molecule has 1 fully saturated rings. The smallest absolute Gasteiger partial charge is 0.418 e. The topological polar surface area (TPSA) is 129 Å². The molecule has 43 heavy (non-hydrogen) atoms. The van der Waals surface area contributed by atoms with E-state index in [4.69, 9.17) is 4.74 Å². The molecule has 1 saturated heterocycles. The number of nitrogens with one attached hydrogen (secondary N) is 2. The summed E-state index contributed by atoms with van der Waals surface area (Å²) in [5, 5.41) is 11.3. The van der Waals surface area contributed by atoms with Crippen molar-refractivity contribution in [2.75, 3.05) is 16.8 Å². The summed E-state index contributed by atoms with van der Waals surface area (Å²) < 4.78 is 47.2. The fraction of sp³-hybridized carbons (Fsp3) is 0.172. The zero-order valence-electron chi connectivity index (χ0n) is 21.8. The maximum Gasteiger partial charge on any atom is 0.418 e. The normalized spacial score (nSPS) is 19.6. The van der Waals surface area contributed by atoms with Gasteiger partial charge in [-0.2, -0.15) is 13.2 Å². The third-order valence-electron chi connectivity index (χ3n) is 7.01. The molecule has 0 radical (unpaired) electrons. The molecule has 2 aliphatic heterocycles. The van der Waals surface area contributed by atoms with E-state index in [1.54, 1.807) is 24.3 Å². The number of fused-ring (bicyclic) bond motifs is 2. The third-order valence-corrected chi connectivity index (χ3v) is 9.41. The second-order valence-electron chi connectivity index (χ2n) is 9.73. The van der Waals surface area contributed by atoms with Gasteiger partial charge in [-0.05, 0) is 54.1 Å². The predicted molar refractivity (Wildman–Crippen MR) is 153 cm³/mol. The molecule has 3 N–H and O–H groups in total. The largest absolute Gasteiger partial charge is 0.508 e. The number of imide groups is 1. The van der Waals surface area contributed by atoms with Gasteiger partial charge in [-0.3, -0.25) is 19.2 Å². The van der Waals surface area contributed by atoms with Crippen molar-refractivity contribution in [3.05, 3.63) is 98.5 Å². The average molecular weight is 628 g/mol. The summed E-state index contributed by atoms with van der Waals surface area (Å²) in [7, 11) is 0. The minimum Gasteiger partial charge on any atom is -0.508 e. The maximum atomic E-state index is 13.9. The van der Waals surface area contributed by atoms with Gasteiger partial charge in [-0.1, -0.05) is 47.4 Å². The summed E-state index contributed by atoms with van der Waals surface area (Å²) in [6.45, 7) is -0.376. The third kappa shape index (κ3) is 5.39. The lowest BCUT2D eigenvalue weighted by molar-refractivity contribution is -0.137. The number of halogens is 3. The van der Waals surface area contributed by atoms with Crippen molar-refractivity contribution in [2.24, 2.45) is 5.92 Å². The first-order chi connectivity index (χ1) is 20.5. The first-order valence-electron chi connectivity index (χ1n) is 12.8. The Morgan fingerprint density at radius 2 is 1.74 bits per heavy atom. The maximum absolute atomic E-state index is 13.9. The number of thioether (sulfide) groups is 1. The predicted octanol–water partition coefficient (Wildman–Crippen LogP) is 4.97. The van der Waals surface area contributed by atoms with E-state index in [0.29, 0.717) is 26.1 Å². The molecule has 3 atom stereocenters. The van der Waals surface area contributed by atoms with Crippen LogP contribution in [0.4, 0.5) is 24.5 Å². The SMILES string of the molecule is O=C(COc1cccc([C@@H]2c3sc(=O)[nH]c3S[C@H]3C(=O)N(c4ccccc4C(F)(F)F)C(=O)[C@@H]23)c1)Nc1ccc(O)cc1. The average Bonchev–Trinajstić information content (AvgIpc) is 3.46. The number of phenols is 1. The highest BCUT2D eigenvalue weighted by Crippen LogP contribution is 2.54. The Hall–Kier alpha value is -4.56. The van der Waals surface area contributed by atoms with E-state index in [2.05, 4.69) is 10.3 Å². The van der Waals surface area contributed by atoms with Crippen molar-refractivity contribution < 1.29 is 37.4 Å². The quantitative estimate of drug-likeness (QED) is 0.203. The Labute approximate surface area is 249 Å². The Bertz CT molecular complexity index is 1800. The molecular weight excluding hydrogens is 607 g/mol. The summed E-state index contributed by atoms with van der Waals surface area (Å²) in [6.07, 6.45) is -4.80. The number of ether oxygens (including phenoxy) is 1. The minimum atomic E-state index is -4.80. The number of benzene rings is 3.